The minimum atomic E-state index is 0.320. The van der Waals surface area contributed by atoms with Crippen LogP contribution in [0.2, 0.25) is 0 Å². The van der Waals surface area contributed by atoms with E-state index in [2.05, 4.69) is 9.97 Å². The number of phenols is 1. The second-order valence-electron chi connectivity index (χ2n) is 4.00. The molecule has 0 saturated heterocycles. The molecular formula is C14H12N2O. The number of rotatable bonds is 2. The van der Waals surface area contributed by atoms with Crippen LogP contribution in [0.3, 0.4) is 0 Å². The van der Waals surface area contributed by atoms with E-state index in [-0.39, 0.29) is 0 Å². The molecule has 0 saturated carbocycles. The molecule has 0 aliphatic rings. The van der Waals surface area contributed by atoms with Crippen molar-refractivity contribution in [2.45, 2.75) is 6.42 Å². The van der Waals surface area contributed by atoms with Crippen molar-refractivity contribution in [3.05, 3.63) is 60.2 Å². The molecule has 17 heavy (non-hydrogen) atoms. The third-order valence-electron chi connectivity index (χ3n) is 2.91. The maximum Gasteiger partial charge on any atom is 0.119 e. The molecule has 0 aliphatic carbocycles. The SMILES string of the molecule is Oc1ccc2ccccc2c1Cc1ncc[nH]1. The number of aromatic nitrogens is 2. The van der Waals surface area contributed by atoms with Crippen LogP contribution in [0.5, 0.6) is 5.75 Å². The third-order valence-corrected chi connectivity index (χ3v) is 2.91. The summed E-state index contributed by atoms with van der Waals surface area (Å²) in [5, 5.41) is 12.2. The fourth-order valence-corrected chi connectivity index (χ4v) is 2.07. The van der Waals surface area contributed by atoms with Crippen LogP contribution >= 0.6 is 0 Å². The summed E-state index contributed by atoms with van der Waals surface area (Å²) in [5.41, 5.74) is 0.915. The molecule has 0 radical (unpaired) electrons. The van der Waals surface area contributed by atoms with E-state index in [0.717, 1.165) is 22.2 Å². The molecule has 3 nitrogen and oxygen atoms in total. The molecular weight excluding hydrogens is 212 g/mol. The molecule has 0 fully saturated rings. The number of nitrogens with one attached hydrogen (secondary N) is 1. The lowest BCUT2D eigenvalue weighted by Gasteiger charge is -2.07. The summed E-state index contributed by atoms with van der Waals surface area (Å²) in [7, 11) is 0. The highest BCUT2D eigenvalue weighted by molar-refractivity contribution is 5.87. The second kappa shape index (κ2) is 3.94. The van der Waals surface area contributed by atoms with Gasteiger partial charge in [0.2, 0.25) is 0 Å². The van der Waals surface area contributed by atoms with Crippen LogP contribution in [-0.4, -0.2) is 15.1 Å². The fourth-order valence-electron chi connectivity index (χ4n) is 2.07. The Morgan fingerprint density at radius 2 is 2.00 bits per heavy atom. The Balaban J connectivity index is 2.17. The molecule has 0 spiro atoms. The molecule has 0 atom stereocenters. The van der Waals surface area contributed by atoms with Crippen LogP contribution in [0.25, 0.3) is 10.8 Å². The maximum atomic E-state index is 9.97. The molecule has 1 aromatic heterocycles. The lowest BCUT2D eigenvalue weighted by Crippen LogP contribution is -1.93. The van der Waals surface area contributed by atoms with Crippen molar-refractivity contribution in [3.63, 3.8) is 0 Å². The summed E-state index contributed by atoms with van der Waals surface area (Å²) in [4.78, 5) is 7.25. The minimum Gasteiger partial charge on any atom is -0.508 e. The molecule has 3 heteroatoms. The number of hydrogen-bond donors (Lipinski definition) is 2. The van der Waals surface area contributed by atoms with E-state index < -0.39 is 0 Å². The molecule has 1 heterocycles. The molecule has 84 valence electrons. The fraction of sp³-hybridized carbons (Fsp3) is 0.0714. The summed E-state index contributed by atoms with van der Waals surface area (Å²) in [6, 6.07) is 11.7. The highest BCUT2D eigenvalue weighted by Crippen LogP contribution is 2.28. The van der Waals surface area contributed by atoms with Gasteiger partial charge in [-0.3, -0.25) is 0 Å². The number of phenolic OH excluding ortho intramolecular Hbond substituents is 1. The average molecular weight is 224 g/mol. The van der Waals surface area contributed by atoms with Gasteiger partial charge in [-0.15, -0.1) is 0 Å². The highest BCUT2D eigenvalue weighted by atomic mass is 16.3. The second-order valence-corrected chi connectivity index (χ2v) is 4.00. The number of imidazole rings is 1. The van der Waals surface area contributed by atoms with Gasteiger partial charge in [-0.2, -0.15) is 0 Å². The summed E-state index contributed by atoms with van der Waals surface area (Å²) in [5.74, 6) is 1.18. The van der Waals surface area contributed by atoms with Crippen molar-refractivity contribution in [3.8, 4) is 5.75 Å². The topological polar surface area (TPSA) is 48.9 Å². The number of H-pyrrole nitrogens is 1. The Morgan fingerprint density at radius 3 is 2.82 bits per heavy atom. The van der Waals surface area contributed by atoms with E-state index in [0.29, 0.717) is 12.2 Å². The lowest BCUT2D eigenvalue weighted by molar-refractivity contribution is 0.470. The summed E-state index contributed by atoms with van der Waals surface area (Å²) in [6.07, 6.45) is 4.12. The Hall–Kier alpha value is -2.29. The number of nitrogens with zero attached hydrogens (tertiary/aromatic N) is 1. The Kier molecular flexibility index (Phi) is 2.29. The molecule has 3 rings (SSSR count). The molecule has 0 unspecified atom stereocenters. The normalized spacial score (nSPS) is 10.8. The smallest absolute Gasteiger partial charge is 0.119 e. The van der Waals surface area contributed by atoms with Gasteiger partial charge < -0.3 is 10.1 Å². The summed E-state index contributed by atoms with van der Waals surface area (Å²) in [6.45, 7) is 0. The van der Waals surface area contributed by atoms with Gasteiger partial charge in [0.25, 0.3) is 0 Å². The van der Waals surface area contributed by atoms with Gasteiger partial charge in [0.1, 0.15) is 11.6 Å². The zero-order valence-electron chi connectivity index (χ0n) is 9.22. The van der Waals surface area contributed by atoms with Crippen LogP contribution in [0.1, 0.15) is 11.4 Å². The number of aromatic hydroxyl groups is 1. The zero-order valence-corrected chi connectivity index (χ0v) is 9.22. The Morgan fingerprint density at radius 1 is 1.12 bits per heavy atom. The number of aromatic amines is 1. The maximum absolute atomic E-state index is 9.97. The van der Waals surface area contributed by atoms with Crippen LogP contribution < -0.4 is 0 Å². The van der Waals surface area contributed by atoms with E-state index >= 15 is 0 Å². The van der Waals surface area contributed by atoms with Crippen molar-refractivity contribution >= 4 is 10.8 Å². The van der Waals surface area contributed by atoms with Crippen LogP contribution in [0.4, 0.5) is 0 Å². The largest absolute Gasteiger partial charge is 0.508 e. The predicted molar refractivity (Wildman–Crippen MR) is 67.0 cm³/mol. The monoisotopic (exact) mass is 224 g/mol. The van der Waals surface area contributed by atoms with Gasteiger partial charge >= 0.3 is 0 Å². The van der Waals surface area contributed by atoms with Gasteiger partial charge in [0.15, 0.2) is 0 Å². The number of benzene rings is 2. The van der Waals surface area contributed by atoms with Crippen molar-refractivity contribution in [2.24, 2.45) is 0 Å². The van der Waals surface area contributed by atoms with Crippen LogP contribution in [0, 0.1) is 0 Å². The van der Waals surface area contributed by atoms with Gasteiger partial charge in [0.05, 0.1) is 0 Å². The first-order chi connectivity index (χ1) is 8.34. The average Bonchev–Trinajstić information content (AvgIpc) is 2.86. The van der Waals surface area contributed by atoms with Crippen LogP contribution in [-0.2, 0) is 6.42 Å². The molecule has 2 N–H and O–H groups in total. The van der Waals surface area contributed by atoms with Crippen molar-refractivity contribution < 1.29 is 5.11 Å². The minimum absolute atomic E-state index is 0.320. The molecule has 0 amide bonds. The van der Waals surface area contributed by atoms with E-state index in [1.54, 1.807) is 18.5 Å². The van der Waals surface area contributed by atoms with Gasteiger partial charge in [-0.25, -0.2) is 4.98 Å². The number of fused-ring (bicyclic) bond motifs is 1. The zero-order chi connectivity index (χ0) is 11.7. The highest BCUT2D eigenvalue weighted by Gasteiger charge is 2.08. The van der Waals surface area contributed by atoms with Gasteiger partial charge in [-0.1, -0.05) is 30.3 Å². The molecule has 2 aromatic carbocycles. The third kappa shape index (κ3) is 1.76. The lowest BCUT2D eigenvalue weighted by atomic mass is 10.0. The first-order valence-electron chi connectivity index (χ1n) is 5.52. The van der Waals surface area contributed by atoms with Crippen molar-refractivity contribution in [1.82, 2.24) is 9.97 Å². The first-order valence-corrected chi connectivity index (χ1v) is 5.52. The summed E-state index contributed by atoms with van der Waals surface area (Å²) >= 11 is 0. The Labute approximate surface area is 98.8 Å². The van der Waals surface area contributed by atoms with E-state index in [1.807, 2.05) is 30.3 Å². The summed E-state index contributed by atoms with van der Waals surface area (Å²) < 4.78 is 0. The first kappa shape index (κ1) is 9.90. The van der Waals surface area contributed by atoms with Crippen molar-refractivity contribution in [2.75, 3.05) is 0 Å². The van der Waals surface area contributed by atoms with Crippen LogP contribution in [0.15, 0.2) is 48.8 Å². The van der Waals surface area contributed by atoms with Gasteiger partial charge in [0, 0.05) is 24.4 Å². The molecule has 3 aromatic rings. The van der Waals surface area contributed by atoms with E-state index in [9.17, 15) is 5.11 Å². The number of hydrogen-bond acceptors (Lipinski definition) is 2. The standard InChI is InChI=1S/C14H12N2O/c17-13-6-5-10-3-1-2-4-11(10)12(13)9-14-15-7-8-16-14/h1-8,17H,9H2,(H,15,16). The van der Waals surface area contributed by atoms with E-state index in [4.69, 9.17) is 0 Å². The van der Waals surface area contributed by atoms with Crippen molar-refractivity contribution in [1.29, 1.82) is 0 Å². The van der Waals surface area contributed by atoms with Gasteiger partial charge in [-0.05, 0) is 16.8 Å². The Bertz CT molecular complexity index is 644. The van der Waals surface area contributed by atoms with E-state index in [1.165, 1.54) is 0 Å². The molecule has 0 bridgehead atoms. The quantitative estimate of drug-likeness (QED) is 0.703. The predicted octanol–water partition coefficient (Wildman–Crippen LogP) is 2.86. The molecule has 0 aliphatic heterocycles.